The van der Waals surface area contributed by atoms with Crippen LogP contribution in [-0.4, -0.2) is 43.7 Å². The summed E-state index contributed by atoms with van der Waals surface area (Å²) in [6.07, 6.45) is 2.71. The SMILES string of the molecule is COc1ccc2ccc(C(=O)N3CCOC(C4CC4)C3)cc2c1. The van der Waals surface area contributed by atoms with Crippen molar-refractivity contribution in [3.05, 3.63) is 42.0 Å². The van der Waals surface area contributed by atoms with Crippen molar-refractivity contribution in [3.8, 4) is 5.75 Å². The number of benzene rings is 2. The molecule has 2 aromatic carbocycles. The molecular weight excluding hydrogens is 290 g/mol. The minimum atomic E-state index is 0.101. The molecule has 4 rings (SSSR count). The lowest BCUT2D eigenvalue weighted by Gasteiger charge is -2.33. The van der Waals surface area contributed by atoms with Gasteiger partial charge < -0.3 is 14.4 Å². The van der Waals surface area contributed by atoms with Crippen molar-refractivity contribution in [3.63, 3.8) is 0 Å². The molecule has 1 saturated heterocycles. The van der Waals surface area contributed by atoms with Gasteiger partial charge in [0.05, 0.1) is 19.8 Å². The summed E-state index contributed by atoms with van der Waals surface area (Å²) >= 11 is 0. The summed E-state index contributed by atoms with van der Waals surface area (Å²) < 4.78 is 11.1. The van der Waals surface area contributed by atoms with E-state index in [0.717, 1.165) is 28.6 Å². The molecule has 1 amide bonds. The molecule has 1 atom stereocenters. The summed E-state index contributed by atoms with van der Waals surface area (Å²) in [5.41, 5.74) is 0.738. The van der Waals surface area contributed by atoms with Crippen LogP contribution in [0.25, 0.3) is 10.8 Å². The molecule has 1 aliphatic carbocycles. The third-order valence-corrected chi connectivity index (χ3v) is 4.82. The normalized spacial score (nSPS) is 21.4. The van der Waals surface area contributed by atoms with Gasteiger partial charge in [0, 0.05) is 18.7 Å². The van der Waals surface area contributed by atoms with Gasteiger partial charge in [-0.25, -0.2) is 0 Å². The number of carbonyl (C=O) groups excluding carboxylic acids is 1. The largest absolute Gasteiger partial charge is 0.497 e. The summed E-state index contributed by atoms with van der Waals surface area (Å²) in [5, 5.41) is 2.14. The Kier molecular flexibility index (Phi) is 3.69. The van der Waals surface area contributed by atoms with E-state index in [2.05, 4.69) is 0 Å². The first-order valence-corrected chi connectivity index (χ1v) is 8.23. The maximum Gasteiger partial charge on any atom is 0.254 e. The molecule has 2 fully saturated rings. The molecule has 0 N–H and O–H groups in total. The molecule has 1 unspecified atom stereocenters. The Morgan fingerprint density at radius 3 is 2.78 bits per heavy atom. The zero-order chi connectivity index (χ0) is 15.8. The second-order valence-electron chi connectivity index (χ2n) is 6.43. The minimum absolute atomic E-state index is 0.101. The van der Waals surface area contributed by atoms with E-state index < -0.39 is 0 Å². The van der Waals surface area contributed by atoms with Crippen molar-refractivity contribution < 1.29 is 14.3 Å². The van der Waals surface area contributed by atoms with Gasteiger partial charge in [-0.05, 0) is 53.8 Å². The average molecular weight is 311 g/mol. The number of amides is 1. The van der Waals surface area contributed by atoms with Crippen molar-refractivity contribution in [2.24, 2.45) is 5.92 Å². The molecule has 0 bridgehead atoms. The van der Waals surface area contributed by atoms with Crippen LogP contribution in [0.5, 0.6) is 5.75 Å². The number of methoxy groups -OCH3 is 1. The highest BCUT2D eigenvalue weighted by Crippen LogP contribution is 2.36. The Labute approximate surface area is 136 Å². The van der Waals surface area contributed by atoms with Gasteiger partial charge in [-0.1, -0.05) is 12.1 Å². The molecule has 4 nitrogen and oxygen atoms in total. The van der Waals surface area contributed by atoms with E-state index >= 15 is 0 Å². The maximum absolute atomic E-state index is 12.8. The first-order chi connectivity index (χ1) is 11.2. The van der Waals surface area contributed by atoms with Crippen molar-refractivity contribution in [2.45, 2.75) is 18.9 Å². The van der Waals surface area contributed by atoms with Crippen LogP contribution in [-0.2, 0) is 4.74 Å². The van der Waals surface area contributed by atoms with E-state index in [-0.39, 0.29) is 12.0 Å². The molecule has 0 aromatic heterocycles. The van der Waals surface area contributed by atoms with Crippen LogP contribution in [0.15, 0.2) is 36.4 Å². The van der Waals surface area contributed by atoms with Crippen molar-refractivity contribution in [1.29, 1.82) is 0 Å². The van der Waals surface area contributed by atoms with Crippen LogP contribution < -0.4 is 4.74 Å². The van der Waals surface area contributed by atoms with Crippen molar-refractivity contribution >= 4 is 16.7 Å². The molecule has 23 heavy (non-hydrogen) atoms. The molecule has 1 aliphatic heterocycles. The first kappa shape index (κ1) is 14.5. The maximum atomic E-state index is 12.8. The van der Waals surface area contributed by atoms with Gasteiger partial charge in [-0.15, -0.1) is 0 Å². The van der Waals surface area contributed by atoms with Crippen LogP contribution in [0.4, 0.5) is 0 Å². The predicted molar refractivity (Wildman–Crippen MR) is 88.9 cm³/mol. The van der Waals surface area contributed by atoms with Crippen LogP contribution in [0.1, 0.15) is 23.2 Å². The Hall–Kier alpha value is -2.07. The fourth-order valence-corrected chi connectivity index (χ4v) is 3.28. The van der Waals surface area contributed by atoms with E-state index in [0.29, 0.717) is 19.1 Å². The fraction of sp³-hybridized carbons (Fsp3) is 0.421. The highest BCUT2D eigenvalue weighted by molar-refractivity contribution is 5.98. The molecule has 120 valence electrons. The van der Waals surface area contributed by atoms with Crippen molar-refractivity contribution in [2.75, 3.05) is 26.8 Å². The zero-order valence-corrected chi connectivity index (χ0v) is 13.3. The summed E-state index contributed by atoms with van der Waals surface area (Å²) in [7, 11) is 1.65. The Bertz CT molecular complexity index is 738. The Balaban J connectivity index is 1.58. The highest BCUT2D eigenvalue weighted by atomic mass is 16.5. The van der Waals surface area contributed by atoms with E-state index in [1.165, 1.54) is 12.8 Å². The third-order valence-electron chi connectivity index (χ3n) is 4.82. The molecule has 0 spiro atoms. The molecular formula is C19H21NO3. The van der Waals surface area contributed by atoms with Crippen LogP contribution in [0.3, 0.4) is 0 Å². The van der Waals surface area contributed by atoms with Gasteiger partial charge in [0.15, 0.2) is 0 Å². The van der Waals surface area contributed by atoms with Crippen molar-refractivity contribution in [1.82, 2.24) is 4.90 Å². The molecule has 1 heterocycles. The lowest BCUT2D eigenvalue weighted by molar-refractivity contribution is -0.0313. The Morgan fingerprint density at radius 1 is 1.17 bits per heavy atom. The summed E-state index contributed by atoms with van der Waals surface area (Å²) in [4.78, 5) is 14.8. The smallest absolute Gasteiger partial charge is 0.254 e. The topological polar surface area (TPSA) is 38.8 Å². The van der Waals surface area contributed by atoms with E-state index in [1.807, 2.05) is 41.3 Å². The zero-order valence-electron chi connectivity index (χ0n) is 13.3. The summed E-state index contributed by atoms with van der Waals surface area (Å²) in [6.45, 7) is 2.05. The minimum Gasteiger partial charge on any atom is -0.497 e. The number of carbonyl (C=O) groups is 1. The van der Waals surface area contributed by atoms with Gasteiger partial charge in [-0.2, -0.15) is 0 Å². The van der Waals surface area contributed by atoms with Gasteiger partial charge in [0.25, 0.3) is 5.91 Å². The molecule has 0 radical (unpaired) electrons. The van der Waals surface area contributed by atoms with E-state index in [4.69, 9.17) is 9.47 Å². The Morgan fingerprint density at radius 2 is 2.00 bits per heavy atom. The van der Waals surface area contributed by atoms with Gasteiger partial charge >= 0.3 is 0 Å². The number of hydrogen-bond donors (Lipinski definition) is 0. The number of morpholine rings is 1. The number of fused-ring (bicyclic) bond motifs is 1. The molecule has 2 aromatic rings. The van der Waals surface area contributed by atoms with Crippen LogP contribution in [0.2, 0.25) is 0 Å². The number of nitrogens with zero attached hydrogens (tertiary/aromatic N) is 1. The average Bonchev–Trinajstić information content (AvgIpc) is 3.45. The van der Waals surface area contributed by atoms with Crippen LogP contribution >= 0.6 is 0 Å². The molecule has 4 heteroatoms. The number of rotatable bonds is 3. The molecule has 2 aliphatic rings. The van der Waals surface area contributed by atoms with E-state index in [9.17, 15) is 4.79 Å². The third kappa shape index (κ3) is 2.91. The second kappa shape index (κ2) is 5.85. The summed E-state index contributed by atoms with van der Waals surface area (Å²) in [6, 6.07) is 11.8. The van der Waals surface area contributed by atoms with E-state index in [1.54, 1.807) is 7.11 Å². The number of ether oxygens (including phenoxy) is 2. The first-order valence-electron chi connectivity index (χ1n) is 8.23. The molecule has 1 saturated carbocycles. The van der Waals surface area contributed by atoms with Crippen LogP contribution in [0, 0.1) is 5.92 Å². The summed E-state index contributed by atoms with van der Waals surface area (Å²) in [5.74, 6) is 1.57. The highest BCUT2D eigenvalue weighted by Gasteiger charge is 2.36. The number of hydrogen-bond acceptors (Lipinski definition) is 3. The monoisotopic (exact) mass is 311 g/mol. The standard InChI is InChI=1S/C19H21NO3/c1-22-17-7-6-13-2-5-15(10-16(13)11-17)19(21)20-8-9-23-18(12-20)14-3-4-14/h2,5-7,10-11,14,18H,3-4,8-9,12H2,1H3. The van der Waals surface area contributed by atoms with Gasteiger partial charge in [0.2, 0.25) is 0 Å². The predicted octanol–water partition coefficient (Wildman–Crippen LogP) is 3.10. The lowest BCUT2D eigenvalue weighted by atomic mass is 10.1. The van der Waals surface area contributed by atoms with Gasteiger partial charge in [0.1, 0.15) is 5.75 Å². The second-order valence-corrected chi connectivity index (χ2v) is 6.43. The van der Waals surface area contributed by atoms with Gasteiger partial charge in [-0.3, -0.25) is 4.79 Å². The fourth-order valence-electron chi connectivity index (χ4n) is 3.28. The quantitative estimate of drug-likeness (QED) is 0.874. The lowest BCUT2D eigenvalue weighted by Crippen LogP contribution is -2.46.